The summed E-state index contributed by atoms with van der Waals surface area (Å²) in [5, 5.41) is 15.2. The van der Waals surface area contributed by atoms with Gasteiger partial charge in [0.25, 0.3) is 0 Å². The molecule has 0 aliphatic heterocycles. The van der Waals surface area contributed by atoms with Crippen LogP contribution in [0.1, 0.15) is 5.56 Å². The number of ether oxygens (including phenoxy) is 1. The number of methoxy groups -OCH3 is 1. The third-order valence-electron chi connectivity index (χ3n) is 2.45. The SMILES string of the molecule is COc1ccc(Cl)cc1Cn1cc(Br)c([N+](=O)[O-])n1. The van der Waals surface area contributed by atoms with Crippen LogP contribution >= 0.6 is 27.5 Å². The van der Waals surface area contributed by atoms with Gasteiger partial charge in [0.15, 0.2) is 0 Å². The number of nitrogens with zero attached hydrogens (tertiary/aromatic N) is 3. The summed E-state index contributed by atoms with van der Waals surface area (Å²) >= 11 is 9.02. The first kappa shape index (κ1) is 13.8. The molecule has 0 bridgehead atoms. The van der Waals surface area contributed by atoms with E-state index < -0.39 is 4.92 Å². The normalized spacial score (nSPS) is 10.5. The highest BCUT2D eigenvalue weighted by atomic mass is 79.9. The van der Waals surface area contributed by atoms with Crippen LogP contribution in [0.2, 0.25) is 5.02 Å². The van der Waals surface area contributed by atoms with E-state index in [1.54, 1.807) is 31.5 Å². The van der Waals surface area contributed by atoms with Gasteiger partial charge in [0.2, 0.25) is 0 Å². The molecule has 0 aliphatic carbocycles. The van der Waals surface area contributed by atoms with E-state index in [1.807, 2.05) is 0 Å². The van der Waals surface area contributed by atoms with Crippen LogP contribution in [0, 0.1) is 10.1 Å². The molecule has 1 aromatic heterocycles. The van der Waals surface area contributed by atoms with Crippen LogP contribution in [0.15, 0.2) is 28.9 Å². The van der Waals surface area contributed by atoms with Gasteiger partial charge in [0.05, 0.1) is 25.0 Å². The van der Waals surface area contributed by atoms with E-state index in [9.17, 15) is 10.1 Å². The number of aromatic nitrogens is 2. The van der Waals surface area contributed by atoms with Gasteiger partial charge in [-0.1, -0.05) is 11.6 Å². The van der Waals surface area contributed by atoms with Crippen molar-refractivity contribution in [1.29, 1.82) is 0 Å². The van der Waals surface area contributed by atoms with Crippen LogP contribution in [-0.4, -0.2) is 21.8 Å². The van der Waals surface area contributed by atoms with Crippen LogP contribution in [0.3, 0.4) is 0 Å². The zero-order chi connectivity index (χ0) is 14.0. The first-order chi connectivity index (χ1) is 9.01. The van der Waals surface area contributed by atoms with Gasteiger partial charge in [-0.2, -0.15) is 4.68 Å². The van der Waals surface area contributed by atoms with Crippen molar-refractivity contribution < 1.29 is 9.66 Å². The van der Waals surface area contributed by atoms with Crippen molar-refractivity contribution in [3.05, 3.63) is 49.6 Å². The zero-order valence-corrected chi connectivity index (χ0v) is 12.2. The Morgan fingerprint density at radius 2 is 2.32 bits per heavy atom. The number of hydrogen-bond donors (Lipinski definition) is 0. The topological polar surface area (TPSA) is 70.2 Å². The van der Waals surface area contributed by atoms with E-state index in [1.165, 1.54) is 4.68 Å². The highest BCUT2D eigenvalue weighted by molar-refractivity contribution is 9.10. The van der Waals surface area contributed by atoms with Gasteiger partial charge in [-0.05, 0) is 39.1 Å². The molecule has 0 spiro atoms. The molecule has 0 fully saturated rings. The summed E-state index contributed by atoms with van der Waals surface area (Å²) in [6.07, 6.45) is 1.54. The lowest BCUT2D eigenvalue weighted by atomic mass is 10.2. The summed E-state index contributed by atoms with van der Waals surface area (Å²) < 4.78 is 7.00. The Morgan fingerprint density at radius 1 is 1.58 bits per heavy atom. The highest BCUT2D eigenvalue weighted by Gasteiger charge is 2.19. The molecule has 0 amide bonds. The monoisotopic (exact) mass is 345 g/mol. The number of benzene rings is 1. The minimum Gasteiger partial charge on any atom is -0.496 e. The molecule has 19 heavy (non-hydrogen) atoms. The molecule has 0 saturated carbocycles. The summed E-state index contributed by atoms with van der Waals surface area (Å²) in [7, 11) is 1.55. The van der Waals surface area contributed by atoms with E-state index in [0.29, 0.717) is 21.8 Å². The number of rotatable bonds is 4. The van der Waals surface area contributed by atoms with Crippen molar-refractivity contribution in [1.82, 2.24) is 9.78 Å². The maximum absolute atomic E-state index is 10.7. The quantitative estimate of drug-likeness (QED) is 0.629. The Balaban J connectivity index is 2.33. The van der Waals surface area contributed by atoms with Gasteiger partial charge in [-0.25, -0.2) is 0 Å². The minimum atomic E-state index is -0.546. The average molecular weight is 347 g/mol. The predicted molar refractivity (Wildman–Crippen MR) is 73.7 cm³/mol. The Hall–Kier alpha value is -1.60. The van der Waals surface area contributed by atoms with E-state index in [-0.39, 0.29) is 5.82 Å². The molecular formula is C11H9BrClN3O3. The lowest BCUT2D eigenvalue weighted by molar-refractivity contribution is -0.390. The Bertz CT molecular complexity index is 630. The zero-order valence-electron chi connectivity index (χ0n) is 9.84. The maximum atomic E-state index is 10.7. The van der Waals surface area contributed by atoms with Gasteiger partial charge < -0.3 is 14.9 Å². The molecular weight excluding hydrogens is 337 g/mol. The van der Waals surface area contributed by atoms with Crippen LogP contribution < -0.4 is 4.74 Å². The lowest BCUT2D eigenvalue weighted by Crippen LogP contribution is -2.03. The van der Waals surface area contributed by atoms with E-state index in [4.69, 9.17) is 16.3 Å². The molecule has 6 nitrogen and oxygen atoms in total. The highest BCUT2D eigenvalue weighted by Crippen LogP contribution is 2.26. The molecule has 0 saturated heterocycles. The molecule has 1 aromatic carbocycles. The lowest BCUT2D eigenvalue weighted by Gasteiger charge is -2.07. The summed E-state index contributed by atoms with van der Waals surface area (Å²) in [6, 6.07) is 5.19. The molecule has 2 aromatic rings. The van der Waals surface area contributed by atoms with Crippen molar-refractivity contribution in [3.63, 3.8) is 0 Å². The second-order valence-corrected chi connectivity index (χ2v) is 5.00. The minimum absolute atomic E-state index is 0.221. The third kappa shape index (κ3) is 3.05. The largest absolute Gasteiger partial charge is 0.496 e. The van der Waals surface area contributed by atoms with Crippen LogP contribution in [-0.2, 0) is 6.54 Å². The van der Waals surface area contributed by atoms with Gasteiger partial charge >= 0.3 is 5.82 Å². The second-order valence-electron chi connectivity index (χ2n) is 3.71. The smallest absolute Gasteiger partial charge is 0.404 e. The molecule has 0 unspecified atom stereocenters. The fourth-order valence-electron chi connectivity index (χ4n) is 1.64. The van der Waals surface area contributed by atoms with Crippen LogP contribution in [0.25, 0.3) is 0 Å². The van der Waals surface area contributed by atoms with Gasteiger partial charge in [-0.3, -0.25) is 0 Å². The Morgan fingerprint density at radius 3 is 2.89 bits per heavy atom. The van der Waals surface area contributed by atoms with Crippen molar-refractivity contribution in [3.8, 4) is 5.75 Å². The van der Waals surface area contributed by atoms with Gasteiger partial charge in [-0.15, -0.1) is 0 Å². The van der Waals surface area contributed by atoms with Gasteiger partial charge in [0, 0.05) is 10.6 Å². The van der Waals surface area contributed by atoms with Crippen molar-refractivity contribution in [2.24, 2.45) is 0 Å². The number of nitro groups is 1. The summed E-state index contributed by atoms with van der Waals surface area (Å²) in [4.78, 5) is 10.2. The molecule has 0 N–H and O–H groups in total. The number of halogens is 2. The summed E-state index contributed by atoms with van der Waals surface area (Å²) in [6.45, 7) is 0.330. The van der Waals surface area contributed by atoms with Crippen LogP contribution in [0.4, 0.5) is 5.82 Å². The fraction of sp³-hybridized carbons (Fsp3) is 0.182. The van der Waals surface area contributed by atoms with Crippen molar-refractivity contribution in [2.45, 2.75) is 6.54 Å². The van der Waals surface area contributed by atoms with Gasteiger partial charge in [0.1, 0.15) is 10.2 Å². The summed E-state index contributed by atoms with van der Waals surface area (Å²) in [5.74, 6) is 0.430. The standard InChI is InChI=1S/C11H9BrClN3O3/c1-19-10-3-2-8(13)4-7(10)5-15-6-9(12)11(14-15)16(17)18/h2-4,6H,5H2,1H3. The predicted octanol–water partition coefficient (Wildman–Crippen LogP) is 3.26. The van der Waals surface area contributed by atoms with E-state index >= 15 is 0 Å². The number of hydrogen-bond acceptors (Lipinski definition) is 4. The van der Waals surface area contributed by atoms with Crippen molar-refractivity contribution in [2.75, 3.05) is 7.11 Å². The molecule has 1 heterocycles. The second kappa shape index (κ2) is 5.58. The Kier molecular flexibility index (Phi) is 4.06. The Labute approximate surface area is 122 Å². The summed E-state index contributed by atoms with van der Waals surface area (Å²) in [5.41, 5.74) is 0.792. The molecule has 0 atom stereocenters. The third-order valence-corrected chi connectivity index (χ3v) is 3.24. The van der Waals surface area contributed by atoms with E-state index in [0.717, 1.165) is 5.56 Å². The molecule has 100 valence electrons. The molecule has 8 heteroatoms. The molecule has 2 rings (SSSR count). The fourth-order valence-corrected chi connectivity index (χ4v) is 2.29. The van der Waals surface area contributed by atoms with E-state index in [2.05, 4.69) is 21.0 Å². The van der Waals surface area contributed by atoms with Crippen molar-refractivity contribution >= 4 is 33.3 Å². The first-order valence-electron chi connectivity index (χ1n) is 5.21. The maximum Gasteiger partial charge on any atom is 0.404 e. The first-order valence-corrected chi connectivity index (χ1v) is 6.38. The molecule has 0 radical (unpaired) electrons. The molecule has 0 aliphatic rings. The van der Waals surface area contributed by atoms with Crippen LogP contribution in [0.5, 0.6) is 5.75 Å². The average Bonchev–Trinajstić information content (AvgIpc) is 2.71.